The summed E-state index contributed by atoms with van der Waals surface area (Å²) >= 11 is 0. The van der Waals surface area contributed by atoms with Crippen molar-refractivity contribution in [1.82, 2.24) is 10.2 Å². The molecule has 1 N–H and O–H groups in total. The van der Waals surface area contributed by atoms with Crippen molar-refractivity contribution in [2.24, 2.45) is 0 Å². The molecule has 0 aromatic rings. The van der Waals surface area contributed by atoms with Gasteiger partial charge in [-0.3, -0.25) is 9.59 Å². The zero-order valence-electron chi connectivity index (χ0n) is 14.4. The van der Waals surface area contributed by atoms with Crippen molar-refractivity contribution in [2.45, 2.75) is 97.2 Å². The van der Waals surface area contributed by atoms with Crippen LogP contribution in [0, 0.1) is 0 Å². The lowest BCUT2D eigenvalue weighted by Gasteiger charge is -2.47. The van der Waals surface area contributed by atoms with E-state index < -0.39 is 5.54 Å². The Morgan fingerprint density at radius 1 is 1.14 bits per heavy atom. The fourth-order valence-corrected chi connectivity index (χ4v) is 3.26. The maximum atomic E-state index is 12.9. The minimum absolute atomic E-state index is 0.0151. The third-order valence-electron chi connectivity index (χ3n) is 4.96. The van der Waals surface area contributed by atoms with Crippen LogP contribution in [0.15, 0.2) is 0 Å². The molecule has 1 aliphatic heterocycles. The van der Waals surface area contributed by atoms with Gasteiger partial charge in [-0.15, -0.1) is 0 Å². The van der Waals surface area contributed by atoms with Crippen LogP contribution in [0.1, 0.15) is 79.6 Å². The maximum Gasteiger partial charge on any atom is 0.249 e. The molecule has 122 valence electrons. The largest absolute Gasteiger partial charge is 0.340 e. The first kappa shape index (κ1) is 18.0. The van der Waals surface area contributed by atoms with Crippen LogP contribution in [-0.4, -0.2) is 34.3 Å². The number of nitrogens with zero attached hydrogens (tertiary/aromatic N) is 1. The highest BCUT2D eigenvalue weighted by atomic mass is 16.2. The SMILES string of the molecule is CCCCCCC(C)N1C(=O)C(CC)(CC)NC(=O)C1C. The number of hydrogen-bond acceptors (Lipinski definition) is 2. The van der Waals surface area contributed by atoms with Gasteiger partial charge in [-0.1, -0.05) is 46.5 Å². The van der Waals surface area contributed by atoms with Crippen LogP contribution in [0.5, 0.6) is 0 Å². The molecule has 2 amide bonds. The van der Waals surface area contributed by atoms with Crippen molar-refractivity contribution in [2.75, 3.05) is 0 Å². The Balaban J connectivity index is 2.81. The molecule has 21 heavy (non-hydrogen) atoms. The first-order valence-corrected chi connectivity index (χ1v) is 8.58. The van der Waals surface area contributed by atoms with Crippen molar-refractivity contribution < 1.29 is 9.59 Å². The first-order chi connectivity index (χ1) is 9.93. The average Bonchev–Trinajstić information content (AvgIpc) is 2.48. The molecule has 0 aromatic heterocycles. The second-order valence-corrected chi connectivity index (χ2v) is 6.37. The third kappa shape index (κ3) is 3.78. The lowest BCUT2D eigenvalue weighted by molar-refractivity contribution is -0.157. The second kappa shape index (κ2) is 7.81. The predicted octanol–water partition coefficient (Wildman–Crippen LogP) is 3.25. The number of hydrogen-bond donors (Lipinski definition) is 1. The van der Waals surface area contributed by atoms with E-state index in [0.29, 0.717) is 12.8 Å². The van der Waals surface area contributed by atoms with Gasteiger partial charge in [-0.25, -0.2) is 0 Å². The Morgan fingerprint density at radius 2 is 1.76 bits per heavy atom. The summed E-state index contributed by atoms with van der Waals surface area (Å²) in [5, 5.41) is 2.96. The molecule has 1 saturated heterocycles. The van der Waals surface area contributed by atoms with Gasteiger partial charge in [0.1, 0.15) is 11.6 Å². The summed E-state index contributed by atoms with van der Waals surface area (Å²) in [6.07, 6.45) is 7.07. The standard InChI is InChI=1S/C17H32N2O2/c1-6-9-10-11-12-13(4)19-14(5)15(20)18-17(7-2,8-3)16(19)21/h13-14H,6-12H2,1-5H3,(H,18,20). The highest BCUT2D eigenvalue weighted by Gasteiger charge is 2.48. The van der Waals surface area contributed by atoms with Gasteiger partial charge in [0.05, 0.1) is 0 Å². The molecule has 0 spiro atoms. The van der Waals surface area contributed by atoms with E-state index in [9.17, 15) is 9.59 Å². The van der Waals surface area contributed by atoms with Crippen LogP contribution < -0.4 is 5.32 Å². The van der Waals surface area contributed by atoms with E-state index in [1.54, 1.807) is 0 Å². The fraction of sp³-hybridized carbons (Fsp3) is 0.882. The zero-order chi connectivity index (χ0) is 16.0. The van der Waals surface area contributed by atoms with E-state index >= 15 is 0 Å². The Morgan fingerprint density at radius 3 is 2.29 bits per heavy atom. The minimum Gasteiger partial charge on any atom is -0.340 e. The Labute approximate surface area is 129 Å². The van der Waals surface area contributed by atoms with Gasteiger partial charge < -0.3 is 10.2 Å². The molecule has 1 aliphatic rings. The van der Waals surface area contributed by atoms with Gasteiger partial charge in [0, 0.05) is 6.04 Å². The number of carbonyl (C=O) groups is 2. The molecule has 0 saturated carbocycles. The molecule has 1 heterocycles. The first-order valence-electron chi connectivity index (χ1n) is 8.58. The molecule has 2 unspecified atom stereocenters. The minimum atomic E-state index is -0.693. The van der Waals surface area contributed by atoms with E-state index in [2.05, 4.69) is 19.2 Å². The average molecular weight is 296 g/mol. The normalized spacial score (nSPS) is 23.1. The van der Waals surface area contributed by atoms with Crippen LogP contribution in [0.2, 0.25) is 0 Å². The molecule has 4 nitrogen and oxygen atoms in total. The summed E-state index contributed by atoms with van der Waals surface area (Å²) in [7, 11) is 0. The number of piperazine rings is 1. The number of amides is 2. The van der Waals surface area contributed by atoms with Gasteiger partial charge in [0.2, 0.25) is 11.8 Å². The second-order valence-electron chi connectivity index (χ2n) is 6.37. The van der Waals surface area contributed by atoms with E-state index in [1.807, 2.05) is 25.7 Å². The lowest BCUT2D eigenvalue weighted by atomic mass is 9.86. The van der Waals surface area contributed by atoms with Crippen LogP contribution in [0.4, 0.5) is 0 Å². The molecule has 0 aliphatic carbocycles. The molecular weight excluding hydrogens is 264 g/mol. The summed E-state index contributed by atoms with van der Waals surface area (Å²) in [5.74, 6) is 0.0845. The summed E-state index contributed by atoms with van der Waals surface area (Å²) in [5.41, 5.74) is -0.693. The number of carbonyl (C=O) groups excluding carboxylic acids is 2. The van der Waals surface area contributed by atoms with Crippen molar-refractivity contribution in [3.05, 3.63) is 0 Å². The van der Waals surface area contributed by atoms with Crippen molar-refractivity contribution in [3.8, 4) is 0 Å². The third-order valence-corrected chi connectivity index (χ3v) is 4.96. The molecule has 0 bridgehead atoms. The monoisotopic (exact) mass is 296 g/mol. The molecule has 4 heteroatoms. The maximum absolute atomic E-state index is 12.9. The summed E-state index contributed by atoms with van der Waals surface area (Å²) in [4.78, 5) is 27.0. The highest BCUT2D eigenvalue weighted by Crippen LogP contribution is 2.27. The van der Waals surface area contributed by atoms with Crippen molar-refractivity contribution >= 4 is 11.8 Å². The number of nitrogens with one attached hydrogen (secondary N) is 1. The van der Waals surface area contributed by atoms with Gasteiger partial charge in [0.15, 0.2) is 0 Å². The smallest absolute Gasteiger partial charge is 0.249 e. The molecule has 1 rings (SSSR count). The van der Waals surface area contributed by atoms with Crippen LogP contribution in [0.25, 0.3) is 0 Å². The highest BCUT2D eigenvalue weighted by molar-refractivity contribution is 5.99. The van der Waals surface area contributed by atoms with Gasteiger partial charge in [-0.2, -0.15) is 0 Å². The van der Waals surface area contributed by atoms with Gasteiger partial charge >= 0.3 is 0 Å². The van der Waals surface area contributed by atoms with E-state index in [-0.39, 0.29) is 23.9 Å². The van der Waals surface area contributed by atoms with Crippen LogP contribution >= 0.6 is 0 Å². The fourth-order valence-electron chi connectivity index (χ4n) is 3.26. The predicted molar refractivity (Wildman–Crippen MR) is 86.0 cm³/mol. The Kier molecular flexibility index (Phi) is 6.69. The van der Waals surface area contributed by atoms with Gasteiger partial charge in [-0.05, 0) is 33.1 Å². The summed E-state index contributed by atoms with van der Waals surface area (Å²) in [6, 6.07) is -0.224. The van der Waals surface area contributed by atoms with E-state index in [0.717, 1.165) is 12.8 Å². The van der Waals surface area contributed by atoms with Gasteiger partial charge in [0.25, 0.3) is 0 Å². The Bertz CT molecular complexity index is 364. The van der Waals surface area contributed by atoms with Crippen LogP contribution in [0.3, 0.4) is 0 Å². The van der Waals surface area contributed by atoms with E-state index in [1.165, 1.54) is 19.3 Å². The number of rotatable bonds is 8. The molecule has 0 aromatic carbocycles. The molecule has 2 atom stereocenters. The topological polar surface area (TPSA) is 49.4 Å². The van der Waals surface area contributed by atoms with Crippen molar-refractivity contribution in [1.29, 1.82) is 0 Å². The number of unbranched alkanes of at least 4 members (excludes halogenated alkanes) is 3. The van der Waals surface area contributed by atoms with E-state index in [4.69, 9.17) is 0 Å². The van der Waals surface area contributed by atoms with Crippen molar-refractivity contribution in [3.63, 3.8) is 0 Å². The Hall–Kier alpha value is -1.06. The zero-order valence-corrected chi connectivity index (χ0v) is 14.4. The lowest BCUT2D eigenvalue weighted by Crippen LogP contribution is -2.70. The molecule has 1 fully saturated rings. The molecule has 0 radical (unpaired) electrons. The van der Waals surface area contributed by atoms with Crippen LogP contribution in [-0.2, 0) is 9.59 Å². The molecular formula is C17H32N2O2. The summed E-state index contributed by atoms with van der Waals surface area (Å²) < 4.78 is 0. The quantitative estimate of drug-likeness (QED) is 0.699. The summed E-state index contributed by atoms with van der Waals surface area (Å²) in [6.45, 7) is 10.1.